The predicted molar refractivity (Wildman–Crippen MR) is 82.9 cm³/mol. The number of Topliss-reactive ketones (excluding diaryl/α,β-unsaturated/α-hetero) is 1. The zero-order valence-corrected chi connectivity index (χ0v) is 12.5. The molecule has 0 saturated carbocycles. The van der Waals surface area contributed by atoms with Gasteiger partial charge in [0.1, 0.15) is 24.8 Å². The van der Waals surface area contributed by atoms with Crippen molar-refractivity contribution in [3.8, 4) is 5.75 Å². The van der Waals surface area contributed by atoms with Gasteiger partial charge in [-0.2, -0.15) is 0 Å². The van der Waals surface area contributed by atoms with Gasteiger partial charge in [0.15, 0.2) is 5.78 Å². The van der Waals surface area contributed by atoms with Crippen LogP contribution in [0.2, 0.25) is 0 Å². The fraction of sp³-hybridized carbons (Fsp3) is 0.222. The van der Waals surface area contributed by atoms with Crippen LogP contribution in [0.3, 0.4) is 0 Å². The molecule has 0 aliphatic rings. The number of rotatable bonds is 8. The van der Waals surface area contributed by atoms with Gasteiger partial charge in [-0.3, -0.25) is 9.59 Å². The van der Waals surface area contributed by atoms with Crippen LogP contribution in [0, 0.1) is 5.82 Å². The highest BCUT2D eigenvalue weighted by atomic mass is 19.1. The van der Waals surface area contributed by atoms with E-state index in [2.05, 4.69) is 0 Å². The molecule has 2 aromatic rings. The van der Waals surface area contributed by atoms with E-state index in [1.54, 1.807) is 0 Å². The number of carbonyl (C=O) groups excluding carboxylic acids is 2. The lowest BCUT2D eigenvalue weighted by molar-refractivity contribution is -0.144. The molecule has 0 atom stereocenters. The van der Waals surface area contributed by atoms with Crippen molar-refractivity contribution in [3.63, 3.8) is 0 Å². The first-order chi connectivity index (χ1) is 11.1. The van der Waals surface area contributed by atoms with Gasteiger partial charge in [0.2, 0.25) is 0 Å². The summed E-state index contributed by atoms with van der Waals surface area (Å²) >= 11 is 0. The summed E-state index contributed by atoms with van der Waals surface area (Å²) in [5.74, 6) is -0.381. The number of ketones is 1. The van der Waals surface area contributed by atoms with Crippen LogP contribution in [0.5, 0.6) is 5.75 Å². The Kier molecular flexibility index (Phi) is 6.29. The first-order valence-corrected chi connectivity index (χ1v) is 7.27. The molecular weight excluding hydrogens is 299 g/mol. The third-order valence-corrected chi connectivity index (χ3v) is 3.08. The number of carbonyl (C=O) groups is 2. The van der Waals surface area contributed by atoms with Crippen molar-refractivity contribution >= 4 is 11.8 Å². The zero-order valence-electron chi connectivity index (χ0n) is 12.5. The normalized spacial score (nSPS) is 10.1. The van der Waals surface area contributed by atoms with E-state index in [0.717, 1.165) is 0 Å². The van der Waals surface area contributed by atoms with Gasteiger partial charge in [0.05, 0.1) is 6.42 Å². The molecule has 0 aliphatic heterocycles. The van der Waals surface area contributed by atoms with Crippen LogP contribution in [0.25, 0.3) is 0 Å². The SMILES string of the molecule is O=C(CCC(=O)c1ccc(F)cc1)OCCOc1ccccc1. The van der Waals surface area contributed by atoms with Gasteiger partial charge < -0.3 is 9.47 Å². The van der Waals surface area contributed by atoms with Crippen LogP contribution in [0.1, 0.15) is 23.2 Å². The Labute approximate surface area is 133 Å². The third kappa shape index (κ3) is 5.90. The number of ether oxygens (including phenoxy) is 2. The van der Waals surface area contributed by atoms with Crippen molar-refractivity contribution in [2.24, 2.45) is 0 Å². The standard InChI is InChI=1S/C18H17FO4/c19-15-8-6-14(7-9-15)17(20)10-11-18(21)23-13-12-22-16-4-2-1-3-5-16/h1-9H,10-13H2. The molecule has 0 spiro atoms. The summed E-state index contributed by atoms with van der Waals surface area (Å²) in [4.78, 5) is 23.4. The predicted octanol–water partition coefficient (Wildman–Crippen LogP) is 3.41. The van der Waals surface area contributed by atoms with Gasteiger partial charge in [0, 0.05) is 12.0 Å². The van der Waals surface area contributed by atoms with Crippen LogP contribution in [0.4, 0.5) is 4.39 Å². The molecular formula is C18H17FO4. The lowest BCUT2D eigenvalue weighted by Gasteiger charge is -2.07. The summed E-state index contributed by atoms with van der Waals surface area (Å²) in [6.07, 6.45) is 0.0194. The molecule has 120 valence electrons. The van der Waals surface area contributed by atoms with Gasteiger partial charge in [-0.25, -0.2) is 4.39 Å². The highest BCUT2D eigenvalue weighted by Crippen LogP contribution is 2.09. The lowest BCUT2D eigenvalue weighted by Crippen LogP contribution is -2.13. The number of halogens is 1. The largest absolute Gasteiger partial charge is 0.490 e. The summed E-state index contributed by atoms with van der Waals surface area (Å²) in [7, 11) is 0. The second-order valence-corrected chi connectivity index (χ2v) is 4.81. The van der Waals surface area contributed by atoms with Crippen LogP contribution >= 0.6 is 0 Å². The van der Waals surface area contributed by atoms with Crippen molar-refractivity contribution in [2.75, 3.05) is 13.2 Å². The van der Waals surface area contributed by atoms with E-state index in [4.69, 9.17) is 9.47 Å². The minimum absolute atomic E-state index is 0.0124. The molecule has 0 N–H and O–H groups in total. The highest BCUT2D eigenvalue weighted by Gasteiger charge is 2.10. The summed E-state index contributed by atoms with van der Waals surface area (Å²) < 4.78 is 23.1. The Bertz CT molecular complexity index is 638. The summed E-state index contributed by atoms with van der Waals surface area (Å²) in [6.45, 7) is 0.375. The summed E-state index contributed by atoms with van der Waals surface area (Å²) in [6, 6.07) is 14.4. The maximum absolute atomic E-state index is 12.8. The molecule has 0 fully saturated rings. The van der Waals surface area contributed by atoms with Crippen LogP contribution in [0.15, 0.2) is 54.6 Å². The molecule has 4 nitrogen and oxygen atoms in total. The molecule has 23 heavy (non-hydrogen) atoms. The third-order valence-electron chi connectivity index (χ3n) is 3.08. The Balaban J connectivity index is 1.63. The van der Waals surface area contributed by atoms with Crippen molar-refractivity contribution in [3.05, 3.63) is 66.0 Å². The second kappa shape index (κ2) is 8.68. The Morgan fingerprint density at radius 2 is 1.57 bits per heavy atom. The molecule has 0 amide bonds. The first-order valence-electron chi connectivity index (χ1n) is 7.27. The molecule has 2 rings (SSSR count). The molecule has 0 aliphatic carbocycles. The minimum Gasteiger partial charge on any atom is -0.490 e. The number of hydrogen-bond donors (Lipinski definition) is 0. The molecule has 0 bridgehead atoms. The van der Waals surface area contributed by atoms with Crippen molar-refractivity contribution in [2.45, 2.75) is 12.8 Å². The fourth-order valence-corrected chi connectivity index (χ4v) is 1.90. The topological polar surface area (TPSA) is 52.6 Å². The molecule has 0 unspecified atom stereocenters. The summed E-state index contributed by atoms with van der Waals surface area (Å²) in [5, 5.41) is 0. The number of hydrogen-bond acceptors (Lipinski definition) is 4. The van der Waals surface area contributed by atoms with E-state index in [9.17, 15) is 14.0 Å². The van der Waals surface area contributed by atoms with Gasteiger partial charge in [-0.05, 0) is 36.4 Å². The molecule has 2 aromatic carbocycles. The van der Waals surface area contributed by atoms with Gasteiger partial charge in [-0.1, -0.05) is 18.2 Å². The Morgan fingerprint density at radius 1 is 0.870 bits per heavy atom. The van der Waals surface area contributed by atoms with Gasteiger partial charge in [0.25, 0.3) is 0 Å². The number of benzene rings is 2. The Morgan fingerprint density at radius 3 is 2.26 bits per heavy atom. The van der Waals surface area contributed by atoms with Crippen molar-refractivity contribution in [1.82, 2.24) is 0 Å². The number of para-hydroxylation sites is 1. The van der Waals surface area contributed by atoms with E-state index in [-0.39, 0.29) is 31.8 Å². The van der Waals surface area contributed by atoms with E-state index >= 15 is 0 Å². The first kappa shape index (κ1) is 16.7. The fourth-order valence-electron chi connectivity index (χ4n) is 1.90. The maximum atomic E-state index is 12.8. The Hall–Kier alpha value is -2.69. The maximum Gasteiger partial charge on any atom is 0.306 e. The monoisotopic (exact) mass is 316 g/mol. The molecule has 5 heteroatoms. The van der Waals surface area contributed by atoms with Crippen LogP contribution < -0.4 is 4.74 Å². The van der Waals surface area contributed by atoms with Crippen molar-refractivity contribution < 1.29 is 23.5 Å². The highest BCUT2D eigenvalue weighted by molar-refractivity contribution is 5.97. The number of esters is 1. The molecule has 0 saturated heterocycles. The lowest BCUT2D eigenvalue weighted by atomic mass is 10.1. The van der Waals surface area contributed by atoms with E-state index in [1.807, 2.05) is 30.3 Å². The average molecular weight is 316 g/mol. The molecule has 0 aromatic heterocycles. The second-order valence-electron chi connectivity index (χ2n) is 4.81. The van der Waals surface area contributed by atoms with E-state index < -0.39 is 11.8 Å². The van der Waals surface area contributed by atoms with E-state index in [1.165, 1.54) is 24.3 Å². The zero-order chi connectivity index (χ0) is 16.5. The van der Waals surface area contributed by atoms with Crippen LogP contribution in [-0.2, 0) is 9.53 Å². The van der Waals surface area contributed by atoms with Crippen LogP contribution in [-0.4, -0.2) is 25.0 Å². The van der Waals surface area contributed by atoms with Crippen molar-refractivity contribution in [1.29, 1.82) is 0 Å². The minimum atomic E-state index is -0.461. The van der Waals surface area contributed by atoms with Gasteiger partial charge >= 0.3 is 5.97 Å². The summed E-state index contributed by atoms with van der Waals surface area (Å²) in [5.41, 5.74) is 0.381. The smallest absolute Gasteiger partial charge is 0.306 e. The quantitative estimate of drug-likeness (QED) is 0.425. The van der Waals surface area contributed by atoms with Gasteiger partial charge in [-0.15, -0.1) is 0 Å². The average Bonchev–Trinajstić information content (AvgIpc) is 2.58. The van der Waals surface area contributed by atoms with E-state index in [0.29, 0.717) is 11.3 Å². The molecule has 0 radical (unpaired) electrons. The molecule has 0 heterocycles.